The zero-order valence-corrected chi connectivity index (χ0v) is 11.7. The molecular weight excluding hydrogens is 260 g/mol. The van der Waals surface area contributed by atoms with E-state index in [1.54, 1.807) is 6.20 Å². The normalized spacial score (nSPS) is 10.5. The van der Waals surface area contributed by atoms with Crippen molar-refractivity contribution < 1.29 is 0 Å². The molecule has 1 aromatic heterocycles. The van der Waals surface area contributed by atoms with E-state index in [-0.39, 0.29) is 5.95 Å². The highest BCUT2D eigenvalue weighted by Crippen LogP contribution is 2.31. The molecule has 0 atom stereocenters. The maximum absolute atomic E-state index is 5.98. The Balaban J connectivity index is 2.15. The SMILES string of the molecule is Cc1ccc(-c2ccccc2)cc1-c1cnc(N)nc1N. The molecule has 4 heteroatoms. The van der Waals surface area contributed by atoms with Gasteiger partial charge in [0.05, 0.1) is 0 Å². The molecule has 3 aromatic rings. The number of anilines is 2. The largest absolute Gasteiger partial charge is 0.383 e. The molecule has 0 radical (unpaired) electrons. The van der Waals surface area contributed by atoms with Crippen molar-refractivity contribution in [3.8, 4) is 22.3 Å². The Morgan fingerprint density at radius 1 is 0.857 bits per heavy atom. The topological polar surface area (TPSA) is 77.8 Å². The summed E-state index contributed by atoms with van der Waals surface area (Å²) in [6, 6.07) is 16.5. The number of hydrogen-bond acceptors (Lipinski definition) is 4. The first kappa shape index (κ1) is 13.1. The number of nitrogen functional groups attached to an aromatic ring is 2. The van der Waals surface area contributed by atoms with Gasteiger partial charge < -0.3 is 11.5 Å². The average Bonchev–Trinajstić information content (AvgIpc) is 2.49. The molecule has 0 amide bonds. The lowest BCUT2D eigenvalue weighted by Crippen LogP contribution is -2.01. The number of rotatable bonds is 2. The van der Waals surface area contributed by atoms with Gasteiger partial charge in [0, 0.05) is 11.8 Å². The van der Waals surface area contributed by atoms with E-state index in [1.807, 2.05) is 25.1 Å². The predicted octanol–water partition coefficient (Wildman–Crippen LogP) is 3.28. The molecule has 3 rings (SSSR count). The summed E-state index contributed by atoms with van der Waals surface area (Å²) in [4.78, 5) is 8.08. The van der Waals surface area contributed by atoms with Crippen molar-refractivity contribution in [1.82, 2.24) is 9.97 Å². The Morgan fingerprint density at radius 3 is 2.33 bits per heavy atom. The molecule has 0 saturated heterocycles. The van der Waals surface area contributed by atoms with Gasteiger partial charge in [0.25, 0.3) is 0 Å². The molecule has 0 aliphatic carbocycles. The molecule has 104 valence electrons. The highest BCUT2D eigenvalue weighted by molar-refractivity contribution is 5.80. The quantitative estimate of drug-likeness (QED) is 0.753. The first-order valence-corrected chi connectivity index (χ1v) is 6.69. The van der Waals surface area contributed by atoms with Crippen LogP contribution >= 0.6 is 0 Å². The van der Waals surface area contributed by atoms with E-state index in [0.717, 1.165) is 27.8 Å². The van der Waals surface area contributed by atoms with Crippen LogP contribution in [0.15, 0.2) is 54.7 Å². The van der Waals surface area contributed by atoms with Crippen LogP contribution in [0, 0.1) is 6.92 Å². The summed E-state index contributed by atoms with van der Waals surface area (Å²) in [6.07, 6.45) is 1.68. The second-order valence-electron chi connectivity index (χ2n) is 4.92. The van der Waals surface area contributed by atoms with Crippen molar-refractivity contribution in [1.29, 1.82) is 0 Å². The van der Waals surface area contributed by atoms with Gasteiger partial charge in [-0.05, 0) is 35.2 Å². The minimum atomic E-state index is 0.188. The van der Waals surface area contributed by atoms with E-state index >= 15 is 0 Å². The molecule has 0 aliphatic heterocycles. The Labute approximate surface area is 123 Å². The number of aryl methyl sites for hydroxylation is 1. The number of benzene rings is 2. The predicted molar refractivity (Wildman–Crippen MR) is 86.5 cm³/mol. The van der Waals surface area contributed by atoms with Gasteiger partial charge in [-0.25, -0.2) is 4.98 Å². The zero-order chi connectivity index (χ0) is 14.8. The second kappa shape index (κ2) is 5.25. The number of nitrogens with zero attached hydrogens (tertiary/aromatic N) is 2. The fraction of sp³-hybridized carbons (Fsp3) is 0.0588. The van der Waals surface area contributed by atoms with Gasteiger partial charge in [-0.3, -0.25) is 0 Å². The number of aromatic nitrogens is 2. The highest BCUT2D eigenvalue weighted by atomic mass is 15.0. The molecule has 1 heterocycles. The number of hydrogen-bond donors (Lipinski definition) is 2. The van der Waals surface area contributed by atoms with Gasteiger partial charge in [0.15, 0.2) is 0 Å². The molecule has 0 bridgehead atoms. The third-order valence-electron chi connectivity index (χ3n) is 3.47. The lowest BCUT2D eigenvalue weighted by molar-refractivity contribution is 1.19. The molecule has 0 fully saturated rings. The summed E-state index contributed by atoms with van der Waals surface area (Å²) >= 11 is 0. The van der Waals surface area contributed by atoms with Gasteiger partial charge in [-0.1, -0.05) is 42.5 Å². The van der Waals surface area contributed by atoms with Gasteiger partial charge in [0.1, 0.15) is 5.82 Å². The van der Waals surface area contributed by atoms with Crippen molar-refractivity contribution >= 4 is 11.8 Å². The standard InChI is InChI=1S/C17H16N4/c1-11-7-8-13(12-5-3-2-4-6-12)9-14(11)15-10-20-17(19)21-16(15)18/h2-10H,1H3,(H4,18,19,20,21). The molecule has 0 unspecified atom stereocenters. The fourth-order valence-electron chi connectivity index (χ4n) is 2.34. The second-order valence-corrected chi connectivity index (χ2v) is 4.92. The summed E-state index contributed by atoms with van der Waals surface area (Å²) in [5.74, 6) is 0.587. The summed E-state index contributed by atoms with van der Waals surface area (Å²) in [7, 11) is 0. The van der Waals surface area contributed by atoms with Crippen LogP contribution in [-0.4, -0.2) is 9.97 Å². The summed E-state index contributed by atoms with van der Waals surface area (Å²) in [6.45, 7) is 2.04. The lowest BCUT2D eigenvalue weighted by Gasteiger charge is -2.11. The van der Waals surface area contributed by atoms with E-state index in [1.165, 1.54) is 0 Å². The molecule has 2 aromatic carbocycles. The molecule has 0 spiro atoms. The average molecular weight is 276 g/mol. The van der Waals surface area contributed by atoms with Crippen molar-refractivity contribution in [2.45, 2.75) is 6.92 Å². The van der Waals surface area contributed by atoms with Gasteiger partial charge >= 0.3 is 0 Å². The van der Waals surface area contributed by atoms with Crippen LogP contribution in [0.25, 0.3) is 22.3 Å². The minimum Gasteiger partial charge on any atom is -0.383 e. The number of nitrogens with two attached hydrogens (primary N) is 2. The van der Waals surface area contributed by atoms with Crippen molar-refractivity contribution in [2.75, 3.05) is 11.5 Å². The van der Waals surface area contributed by atoms with E-state index in [9.17, 15) is 0 Å². The van der Waals surface area contributed by atoms with Crippen LogP contribution in [0.1, 0.15) is 5.56 Å². The Kier molecular flexibility index (Phi) is 3.28. The van der Waals surface area contributed by atoms with Gasteiger partial charge in [-0.2, -0.15) is 4.98 Å². The summed E-state index contributed by atoms with van der Waals surface area (Å²) in [5.41, 5.74) is 16.8. The van der Waals surface area contributed by atoms with Crippen molar-refractivity contribution in [3.63, 3.8) is 0 Å². The van der Waals surface area contributed by atoms with Gasteiger partial charge in [0.2, 0.25) is 5.95 Å². The maximum atomic E-state index is 5.98. The monoisotopic (exact) mass is 276 g/mol. The Morgan fingerprint density at radius 2 is 1.62 bits per heavy atom. The van der Waals surface area contributed by atoms with Crippen LogP contribution in [0.4, 0.5) is 11.8 Å². The third-order valence-corrected chi connectivity index (χ3v) is 3.47. The van der Waals surface area contributed by atoms with Crippen LogP contribution in [-0.2, 0) is 0 Å². The van der Waals surface area contributed by atoms with E-state index in [4.69, 9.17) is 11.5 Å². The van der Waals surface area contributed by atoms with E-state index < -0.39 is 0 Å². The zero-order valence-electron chi connectivity index (χ0n) is 11.7. The van der Waals surface area contributed by atoms with Crippen molar-refractivity contribution in [3.05, 3.63) is 60.3 Å². The van der Waals surface area contributed by atoms with Crippen LogP contribution in [0.3, 0.4) is 0 Å². The Bertz CT molecular complexity index is 782. The van der Waals surface area contributed by atoms with Crippen LogP contribution in [0.2, 0.25) is 0 Å². The first-order valence-electron chi connectivity index (χ1n) is 6.69. The molecule has 4 N–H and O–H groups in total. The smallest absolute Gasteiger partial charge is 0.221 e. The third kappa shape index (κ3) is 2.56. The highest BCUT2D eigenvalue weighted by Gasteiger charge is 2.10. The Hall–Kier alpha value is -2.88. The van der Waals surface area contributed by atoms with Crippen LogP contribution < -0.4 is 11.5 Å². The lowest BCUT2D eigenvalue weighted by atomic mass is 9.96. The van der Waals surface area contributed by atoms with E-state index in [0.29, 0.717) is 5.82 Å². The van der Waals surface area contributed by atoms with Crippen molar-refractivity contribution in [2.24, 2.45) is 0 Å². The van der Waals surface area contributed by atoms with Gasteiger partial charge in [-0.15, -0.1) is 0 Å². The summed E-state index contributed by atoms with van der Waals surface area (Å²) < 4.78 is 0. The minimum absolute atomic E-state index is 0.188. The summed E-state index contributed by atoms with van der Waals surface area (Å²) in [5, 5.41) is 0. The molecule has 4 nitrogen and oxygen atoms in total. The first-order chi connectivity index (χ1) is 10.1. The van der Waals surface area contributed by atoms with Crippen LogP contribution in [0.5, 0.6) is 0 Å². The maximum Gasteiger partial charge on any atom is 0.221 e. The molecule has 0 saturated carbocycles. The molecule has 0 aliphatic rings. The molecular formula is C17H16N4. The molecule has 21 heavy (non-hydrogen) atoms. The fourth-order valence-corrected chi connectivity index (χ4v) is 2.34. The van der Waals surface area contributed by atoms with E-state index in [2.05, 4.69) is 40.3 Å².